The smallest absolute Gasteiger partial charge is 0.250 e. The van der Waals surface area contributed by atoms with Crippen molar-refractivity contribution in [2.45, 2.75) is 96.6 Å². The molecule has 0 radical (unpaired) electrons. The van der Waals surface area contributed by atoms with Crippen molar-refractivity contribution < 1.29 is 9.53 Å². The van der Waals surface area contributed by atoms with Gasteiger partial charge in [-0.25, -0.2) is 0 Å². The molecule has 1 fully saturated rings. The molecule has 4 nitrogen and oxygen atoms in total. The number of hydrogen-bond acceptors (Lipinski definition) is 3. The SMILES string of the molecule is CCCCCCCC(CCCCCC)NC(=O)[C@H]1CNCCO1. The van der Waals surface area contributed by atoms with Gasteiger partial charge in [0.1, 0.15) is 6.10 Å². The molecule has 23 heavy (non-hydrogen) atoms. The number of morpholine rings is 1. The largest absolute Gasteiger partial charge is 0.366 e. The highest BCUT2D eigenvalue weighted by molar-refractivity contribution is 5.81. The minimum Gasteiger partial charge on any atom is -0.366 e. The maximum Gasteiger partial charge on any atom is 0.250 e. The van der Waals surface area contributed by atoms with Crippen LogP contribution in [0.5, 0.6) is 0 Å². The Morgan fingerprint density at radius 2 is 1.65 bits per heavy atom. The van der Waals surface area contributed by atoms with Crippen LogP contribution in [-0.2, 0) is 9.53 Å². The molecule has 0 aromatic rings. The topological polar surface area (TPSA) is 50.4 Å². The van der Waals surface area contributed by atoms with E-state index in [1.807, 2.05) is 0 Å². The van der Waals surface area contributed by atoms with E-state index in [0.717, 1.165) is 19.4 Å². The Bertz CT molecular complexity index is 291. The second-order valence-corrected chi connectivity index (χ2v) is 6.82. The van der Waals surface area contributed by atoms with E-state index in [2.05, 4.69) is 24.5 Å². The lowest BCUT2D eigenvalue weighted by Gasteiger charge is -2.26. The summed E-state index contributed by atoms with van der Waals surface area (Å²) in [5.41, 5.74) is 0. The molecular weight excluding hydrogens is 288 g/mol. The molecule has 136 valence electrons. The van der Waals surface area contributed by atoms with Gasteiger partial charge >= 0.3 is 0 Å². The summed E-state index contributed by atoms with van der Waals surface area (Å²) in [4.78, 5) is 12.4. The molecule has 1 amide bonds. The lowest BCUT2D eigenvalue weighted by atomic mass is 10.0. The van der Waals surface area contributed by atoms with Crippen molar-refractivity contribution in [3.8, 4) is 0 Å². The Kier molecular flexibility index (Phi) is 12.3. The lowest BCUT2D eigenvalue weighted by Crippen LogP contribution is -2.50. The fourth-order valence-corrected chi connectivity index (χ4v) is 3.13. The number of hydrogen-bond donors (Lipinski definition) is 2. The standard InChI is InChI=1S/C19H38N2O2/c1-3-5-7-9-11-13-17(12-10-8-6-4-2)21-19(22)18-16-20-14-15-23-18/h17-18,20H,3-16H2,1-2H3,(H,21,22)/t17?,18-/m1/s1. The Morgan fingerprint density at radius 3 is 2.22 bits per heavy atom. The van der Waals surface area contributed by atoms with Crippen LogP contribution in [0.15, 0.2) is 0 Å². The molecule has 1 unspecified atom stereocenters. The van der Waals surface area contributed by atoms with Gasteiger partial charge in [0.2, 0.25) is 0 Å². The Balaban J connectivity index is 2.30. The number of unbranched alkanes of at least 4 members (excludes halogenated alkanes) is 7. The second kappa shape index (κ2) is 13.8. The van der Waals surface area contributed by atoms with Crippen LogP contribution in [0.4, 0.5) is 0 Å². The molecule has 0 bridgehead atoms. The summed E-state index contributed by atoms with van der Waals surface area (Å²) in [6, 6.07) is 0.325. The highest BCUT2D eigenvalue weighted by Crippen LogP contribution is 2.13. The number of amides is 1. The molecule has 0 aromatic carbocycles. The zero-order valence-electron chi connectivity index (χ0n) is 15.4. The first kappa shape index (κ1) is 20.4. The summed E-state index contributed by atoms with van der Waals surface area (Å²) in [6.07, 6.45) is 13.4. The van der Waals surface area contributed by atoms with E-state index in [9.17, 15) is 4.79 Å². The molecule has 4 heteroatoms. The highest BCUT2D eigenvalue weighted by atomic mass is 16.5. The number of rotatable bonds is 13. The lowest BCUT2D eigenvalue weighted by molar-refractivity contribution is -0.135. The summed E-state index contributed by atoms with van der Waals surface area (Å²) >= 11 is 0. The van der Waals surface area contributed by atoms with Crippen LogP contribution in [0.2, 0.25) is 0 Å². The molecule has 0 saturated carbocycles. The van der Waals surface area contributed by atoms with E-state index in [1.54, 1.807) is 0 Å². The molecule has 1 aliphatic heterocycles. The zero-order chi connectivity index (χ0) is 16.8. The van der Waals surface area contributed by atoms with Gasteiger partial charge in [-0.15, -0.1) is 0 Å². The van der Waals surface area contributed by atoms with Gasteiger partial charge in [-0.3, -0.25) is 4.79 Å². The van der Waals surface area contributed by atoms with Crippen LogP contribution in [0.25, 0.3) is 0 Å². The maximum atomic E-state index is 12.4. The zero-order valence-corrected chi connectivity index (χ0v) is 15.4. The van der Waals surface area contributed by atoms with Gasteiger partial charge in [-0.05, 0) is 12.8 Å². The molecule has 1 rings (SSSR count). The van der Waals surface area contributed by atoms with Crippen LogP contribution in [0.3, 0.4) is 0 Å². The monoisotopic (exact) mass is 326 g/mol. The van der Waals surface area contributed by atoms with Gasteiger partial charge in [-0.2, -0.15) is 0 Å². The van der Waals surface area contributed by atoms with Gasteiger partial charge in [-0.1, -0.05) is 71.6 Å². The van der Waals surface area contributed by atoms with Crippen LogP contribution in [0, 0.1) is 0 Å². The second-order valence-electron chi connectivity index (χ2n) is 6.82. The third kappa shape index (κ3) is 9.98. The predicted molar refractivity (Wildman–Crippen MR) is 96.7 cm³/mol. The van der Waals surface area contributed by atoms with Crippen LogP contribution in [0.1, 0.15) is 84.5 Å². The average Bonchev–Trinajstić information content (AvgIpc) is 2.59. The molecule has 2 N–H and O–H groups in total. The van der Waals surface area contributed by atoms with Crippen molar-refractivity contribution in [3.05, 3.63) is 0 Å². The van der Waals surface area contributed by atoms with Crippen molar-refractivity contribution in [1.82, 2.24) is 10.6 Å². The fourth-order valence-electron chi connectivity index (χ4n) is 3.13. The van der Waals surface area contributed by atoms with Crippen LogP contribution >= 0.6 is 0 Å². The van der Waals surface area contributed by atoms with Crippen molar-refractivity contribution in [3.63, 3.8) is 0 Å². The van der Waals surface area contributed by atoms with Gasteiger partial charge in [0.05, 0.1) is 6.61 Å². The molecule has 1 saturated heterocycles. The first-order chi connectivity index (χ1) is 11.3. The first-order valence-electron chi connectivity index (χ1n) is 9.90. The normalized spacial score (nSPS) is 19.5. The van der Waals surface area contributed by atoms with E-state index in [0.29, 0.717) is 19.2 Å². The third-order valence-corrected chi connectivity index (χ3v) is 4.63. The van der Waals surface area contributed by atoms with Crippen molar-refractivity contribution in [2.24, 2.45) is 0 Å². The van der Waals surface area contributed by atoms with E-state index in [1.165, 1.54) is 57.8 Å². The molecule has 0 aliphatic carbocycles. The summed E-state index contributed by atoms with van der Waals surface area (Å²) in [5, 5.41) is 6.48. The quantitative estimate of drug-likeness (QED) is 0.506. The Labute approximate surface area is 143 Å². The van der Waals surface area contributed by atoms with Crippen LogP contribution in [-0.4, -0.2) is 37.7 Å². The van der Waals surface area contributed by atoms with E-state index in [4.69, 9.17) is 4.74 Å². The van der Waals surface area contributed by atoms with Gasteiger partial charge in [0, 0.05) is 19.1 Å². The highest BCUT2D eigenvalue weighted by Gasteiger charge is 2.23. The first-order valence-corrected chi connectivity index (χ1v) is 9.90. The maximum absolute atomic E-state index is 12.4. The molecule has 0 spiro atoms. The Morgan fingerprint density at radius 1 is 1.04 bits per heavy atom. The van der Waals surface area contributed by atoms with Crippen molar-refractivity contribution in [2.75, 3.05) is 19.7 Å². The third-order valence-electron chi connectivity index (χ3n) is 4.63. The number of carbonyl (C=O) groups excluding carboxylic acids is 1. The predicted octanol–water partition coefficient (Wildman–Crippen LogP) is 3.79. The molecule has 1 heterocycles. The molecular formula is C19H38N2O2. The fraction of sp³-hybridized carbons (Fsp3) is 0.947. The summed E-state index contributed by atoms with van der Waals surface area (Å²) in [5.74, 6) is 0.0752. The number of ether oxygens (including phenoxy) is 1. The number of carbonyl (C=O) groups is 1. The van der Waals surface area contributed by atoms with Crippen molar-refractivity contribution in [1.29, 1.82) is 0 Å². The number of nitrogens with one attached hydrogen (secondary N) is 2. The summed E-state index contributed by atoms with van der Waals surface area (Å²) in [6.45, 7) is 6.61. The van der Waals surface area contributed by atoms with Crippen LogP contribution < -0.4 is 10.6 Å². The van der Waals surface area contributed by atoms with E-state index >= 15 is 0 Å². The van der Waals surface area contributed by atoms with Crippen molar-refractivity contribution >= 4 is 5.91 Å². The summed E-state index contributed by atoms with van der Waals surface area (Å²) < 4.78 is 5.57. The minimum absolute atomic E-state index is 0.0752. The summed E-state index contributed by atoms with van der Waals surface area (Å²) in [7, 11) is 0. The molecule has 2 atom stereocenters. The average molecular weight is 327 g/mol. The van der Waals surface area contributed by atoms with E-state index < -0.39 is 0 Å². The molecule has 1 aliphatic rings. The molecule has 0 aromatic heterocycles. The minimum atomic E-state index is -0.304. The van der Waals surface area contributed by atoms with Gasteiger partial charge in [0.25, 0.3) is 5.91 Å². The van der Waals surface area contributed by atoms with Gasteiger partial charge in [0.15, 0.2) is 0 Å². The Hall–Kier alpha value is -0.610. The van der Waals surface area contributed by atoms with Gasteiger partial charge < -0.3 is 15.4 Å². The van der Waals surface area contributed by atoms with E-state index in [-0.39, 0.29) is 12.0 Å².